The molecule has 6 rings (SSSR count). The molecular weight excluding hydrogens is 595 g/mol. The highest BCUT2D eigenvalue weighted by Crippen LogP contribution is 2.48. The number of rotatable bonds is 8. The highest BCUT2D eigenvalue weighted by molar-refractivity contribution is 6.56. The van der Waals surface area contributed by atoms with Crippen LogP contribution in [0.4, 0.5) is 0 Å². The van der Waals surface area contributed by atoms with E-state index in [-0.39, 0.29) is 18.3 Å². The van der Waals surface area contributed by atoms with E-state index in [9.17, 15) is 0 Å². The molecule has 1 fully saturated rings. The van der Waals surface area contributed by atoms with E-state index in [1.165, 1.54) is 71.6 Å². The van der Waals surface area contributed by atoms with Gasteiger partial charge in [-0.1, -0.05) is 107 Å². The zero-order valence-electron chi connectivity index (χ0n) is 32.0. The van der Waals surface area contributed by atoms with Gasteiger partial charge in [-0.25, -0.2) is 0 Å². The molecule has 0 bridgehead atoms. The summed E-state index contributed by atoms with van der Waals surface area (Å²) in [6.07, 6.45) is 20.6. The van der Waals surface area contributed by atoms with Gasteiger partial charge in [0.15, 0.2) is 0 Å². The predicted octanol–water partition coefficient (Wildman–Crippen LogP) is 13.2. The summed E-state index contributed by atoms with van der Waals surface area (Å²) in [4.78, 5) is 0. The summed E-state index contributed by atoms with van der Waals surface area (Å²) in [6, 6.07) is 14.1. The van der Waals surface area contributed by atoms with Crippen LogP contribution >= 0.6 is 0 Å². The van der Waals surface area contributed by atoms with Gasteiger partial charge in [-0.05, 0) is 163 Å². The van der Waals surface area contributed by atoms with Gasteiger partial charge in [-0.2, -0.15) is 0 Å². The van der Waals surface area contributed by atoms with Crippen molar-refractivity contribution >= 4 is 45.9 Å². The quantitative estimate of drug-likeness (QED) is 0.137. The molecule has 3 aliphatic rings. The molecule has 0 amide bonds. The first-order chi connectivity index (χ1) is 23.3. The summed E-state index contributed by atoms with van der Waals surface area (Å²) < 4.78 is 13.3. The molecular formula is C46H57BO2. The van der Waals surface area contributed by atoms with Crippen LogP contribution in [0.5, 0.6) is 0 Å². The van der Waals surface area contributed by atoms with E-state index in [0.717, 1.165) is 25.7 Å². The Morgan fingerprint density at radius 3 is 2.22 bits per heavy atom. The Morgan fingerprint density at radius 2 is 1.59 bits per heavy atom. The summed E-state index contributed by atoms with van der Waals surface area (Å²) in [7, 11) is -0.351. The molecule has 256 valence electrons. The van der Waals surface area contributed by atoms with Crippen LogP contribution in [0.15, 0.2) is 89.5 Å². The van der Waals surface area contributed by atoms with E-state index in [4.69, 9.17) is 9.31 Å². The minimum absolute atomic E-state index is 0.308. The Hall–Kier alpha value is -3.40. The van der Waals surface area contributed by atoms with Crippen molar-refractivity contribution in [1.82, 2.24) is 0 Å². The van der Waals surface area contributed by atoms with Crippen LogP contribution in [0, 0.1) is 11.8 Å². The molecule has 3 aromatic rings. The van der Waals surface area contributed by atoms with Crippen LogP contribution in [-0.2, 0) is 9.31 Å². The molecule has 1 saturated heterocycles. The van der Waals surface area contributed by atoms with Gasteiger partial charge in [0.2, 0.25) is 0 Å². The Balaban J connectivity index is 1.65. The molecule has 0 aromatic heterocycles. The van der Waals surface area contributed by atoms with Gasteiger partial charge in [0.25, 0.3) is 0 Å². The lowest BCUT2D eigenvalue weighted by molar-refractivity contribution is 0.00578. The summed E-state index contributed by atoms with van der Waals surface area (Å²) in [6.45, 7) is 24.7. The van der Waals surface area contributed by atoms with E-state index < -0.39 is 0 Å². The molecule has 3 aromatic carbocycles. The zero-order valence-corrected chi connectivity index (χ0v) is 32.0. The first kappa shape index (κ1) is 35.4. The predicted molar refractivity (Wildman–Crippen MR) is 215 cm³/mol. The Bertz CT molecular complexity index is 1940. The van der Waals surface area contributed by atoms with E-state index in [1.807, 2.05) is 0 Å². The molecule has 1 aliphatic heterocycles. The zero-order chi connectivity index (χ0) is 35.2. The lowest BCUT2D eigenvalue weighted by Crippen LogP contribution is -2.41. The fraction of sp³-hybridized carbons (Fsp3) is 0.435. The topological polar surface area (TPSA) is 18.5 Å². The standard InChI is InChI=1S/C46H57BO2/c1-12-17-34(29(4)13-2)22-20-30(5)39-27-41-38-19-16-15-18-37(38)40(36-23-21-33(14-3)24-31(36)6)28-42(41)43-26-35(25-32(7)44(39)43)47-48-45(8,9)46(10,11)49-47/h12,15-23,26-29,31-32H,13-14,24-25H2,1-11H3/b17-12-,30-20+,34-22+/t29-,31-,32?/m1/s1. The first-order valence-electron chi connectivity index (χ1n) is 18.8. The van der Waals surface area contributed by atoms with Gasteiger partial charge in [0.05, 0.1) is 11.2 Å². The number of hydrogen-bond donors (Lipinski definition) is 0. The maximum atomic E-state index is 6.67. The van der Waals surface area contributed by atoms with Crippen LogP contribution in [0.2, 0.25) is 0 Å². The van der Waals surface area contributed by atoms with E-state index in [0.29, 0.717) is 17.8 Å². The van der Waals surface area contributed by atoms with Crippen LogP contribution in [-0.4, -0.2) is 18.3 Å². The van der Waals surface area contributed by atoms with Crippen molar-refractivity contribution in [2.75, 3.05) is 0 Å². The van der Waals surface area contributed by atoms with Crippen LogP contribution in [0.25, 0.3) is 38.8 Å². The maximum Gasteiger partial charge on any atom is 0.490 e. The van der Waals surface area contributed by atoms with Crippen molar-refractivity contribution in [2.45, 2.75) is 119 Å². The fourth-order valence-electron chi connectivity index (χ4n) is 8.08. The summed E-state index contributed by atoms with van der Waals surface area (Å²) >= 11 is 0. The second kappa shape index (κ2) is 13.7. The normalized spacial score (nSPS) is 23.2. The third kappa shape index (κ3) is 6.50. The van der Waals surface area contributed by atoms with E-state index >= 15 is 0 Å². The molecule has 2 nitrogen and oxygen atoms in total. The molecule has 3 atom stereocenters. The van der Waals surface area contributed by atoms with Gasteiger partial charge in [-0.15, -0.1) is 0 Å². The van der Waals surface area contributed by atoms with Gasteiger partial charge < -0.3 is 9.31 Å². The van der Waals surface area contributed by atoms with Gasteiger partial charge in [0.1, 0.15) is 0 Å². The Labute approximate surface area is 296 Å². The average Bonchev–Trinajstić information content (AvgIpc) is 3.31. The van der Waals surface area contributed by atoms with Gasteiger partial charge >= 0.3 is 7.12 Å². The van der Waals surface area contributed by atoms with Gasteiger partial charge in [-0.3, -0.25) is 0 Å². The largest absolute Gasteiger partial charge is 0.490 e. The molecule has 3 heteroatoms. The number of allylic oxidation sites excluding steroid dienone is 11. The molecule has 0 N–H and O–H groups in total. The third-order valence-electron chi connectivity index (χ3n) is 12.0. The fourth-order valence-corrected chi connectivity index (χ4v) is 8.08. The van der Waals surface area contributed by atoms with Crippen molar-refractivity contribution in [3.63, 3.8) is 0 Å². The molecule has 0 radical (unpaired) electrons. The lowest BCUT2D eigenvalue weighted by Gasteiger charge is -2.32. The molecule has 49 heavy (non-hydrogen) atoms. The SMILES string of the molecule is C\C=C/C(=C\C=C(/C)c1cc2c(cc(C3=CC=C(CC)C[C@H]3C)c3ccccc32)c2c1C(C)CC(B1OC(C)(C)C(C)(C)O1)=C2)[C@H](C)CC. The minimum atomic E-state index is -0.379. The summed E-state index contributed by atoms with van der Waals surface area (Å²) in [5, 5.41) is 5.29. The summed E-state index contributed by atoms with van der Waals surface area (Å²) in [5.74, 6) is 1.29. The molecule has 2 aliphatic carbocycles. The molecule has 1 unspecified atom stereocenters. The van der Waals surface area contributed by atoms with Crippen molar-refractivity contribution in [2.24, 2.45) is 11.8 Å². The van der Waals surface area contributed by atoms with Crippen LogP contribution in [0.3, 0.4) is 0 Å². The second-order valence-electron chi connectivity index (χ2n) is 16.0. The molecule has 0 saturated carbocycles. The van der Waals surface area contributed by atoms with E-state index in [2.05, 4.69) is 155 Å². The Kier molecular flexibility index (Phi) is 9.93. The molecule has 0 spiro atoms. The number of benzene rings is 3. The minimum Gasteiger partial charge on any atom is -0.400 e. The third-order valence-corrected chi connectivity index (χ3v) is 12.0. The highest BCUT2D eigenvalue weighted by Gasteiger charge is 2.52. The van der Waals surface area contributed by atoms with Crippen LogP contribution in [0.1, 0.15) is 130 Å². The summed E-state index contributed by atoms with van der Waals surface area (Å²) in [5.41, 5.74) is 11.6. The second-order valence-corrected chi connectivity index (χ2v) is 16.0. The van der Waals surface area contributed by atoms with Gasteiger partial charge in [0, 0.05) is 0 Å². The van der Waals surface area contributed by atoms with Crippen molar-refractivity contribution < 1.29 is 9.31 Å². The highest BCUT2D eigenvalue weighted by atomic mass is 16.7. The lowest BCUT2D eigenvalue weighted by atomic mass is 9.66. The monoisotopic (exact) mass is 652 g/mol. The molecule has 1 heterocycles. The number of hydrogen-bond acceptors (Lipinski definition) is 2. The smallest absolute Gasteiger partial charge is 0.400 e. The number of fused-ring (bicyclic) bond motifs is 5. The van der Waals surface area contributed by atoms with E-state index in [1.54, 1.807) is 0 Å². The first-order valence-corrected chi connectivity index (χ1v) is 18.8. The average molecular weight is 653 g/mol. The van der Waals surface area contributed by atoms with Crippen LogP contribution < -0.4 is 0 Å². The Morgan fingerprint density at radius 1 is 0.898 bits per heavy atom. The van der Waals surface area contributed by atoms with Crippen molar-refractivity contribution in [3.05, 3.63) is 112 Å². The van der Waals surface area contributed by atoms with Crippen molar-refractivity contribution in [1.29, 1.82) is 0 Å². The maximum absolute atomic E-state index is 6.67. The van der Waals surface area contributed by atoms with Crippen molar-refractivity contribution in [3.8, 4) is 0 Å².